The molecule has 0 spiro atoms. The number of imidazole rings is 1. The van der Waals surface area contributed by atoms with Gasteiger partial charge in [0, 0.05) is 23.4 Å². The van der Waals surface area contributed by atoms with Crippen molar-refractivity contribution in [1.82, 2.24) is 9.55 Å². The first kappa shape index (κ1) is 13.3. The number of rotatable bonds is 4. The van der Waals surface area contributed by atoms with Gasteiger partial charge in [0.25, 0.3) is 0 Å². The Hall–Kier alpha value is -1.13. The summed E-state index contributed by atoms with van der Waals surface area (Å²) in [5, 5.41) is 0. The van der Waals surface area contributed by atoms with Crippen molar-refractivity contribution >= 4 is 15.9 Å². The van der Waals surface area contributed by atoms with Crippen molar-refractivity contribution in [1.29, 1.82) is 0 Å². The van der Waals surface area contributed by atoms with E-state index in [0.29, 0.717) is 0 Å². The number of aryl methyl sites for hydroxylation is 1. The van der Waals surface area contributed by atoms with E-state index in [0.717, 1.165) is 28.8 Å². The van der Waals surface area contributed by atoms with E-state index < -0.39 is 0 Å². The van der Waals surface area contributed by atoms with Crippen molar-refractivity contribution in [3.63, 3.8) is 0 Å². The molecule has 2 N–H and O–H groups in total. The highest BCUT2D eigenvalue weighted by molar-refractivity contribution is 9.10. The van der Waals surface area contributed by atoms with Crippen LogP contribution < -0.4 is 5.73 Å². The van der Waals surface area contributed by atoms with E-state index in [9.17, 15) is 0 Å². The van der Waals surface area contributed by atoms with Gasteiger partial charge in [-0.1, -0.05) is 35.0 Å². The molecule has 0 amide bonds. The molecule has 1 aromatic carbocycles. The number of nitrogens with two attached hydrogens (primary N) is 1. The smallest absolute Gasteiger partial charge is 0.130 e. The Labute approximate surface area is 116 Å². The van der Waals surface area contributed by atoms with Crippen LogP contribution in [-0.4, -0.2) is 9.55 Å². The molecule has 2 aromatic rings. The minimum Gasteiger partial charge on any atom is -0.333 e. The maximum Gasteiger partial charge on any atom is 0.130 e. The lowest BCUT2D eigenvalue weighted by Gasteiger charge is -2.17. The highest BCUT2D eigenvalue weighted by Crippen LogP contribution is 2.26. The van der Waals surface area contributed by atoms with Crippen molar-refractivity contribution < 1.29 is 0 Å². The number of benzene rings is 1. The zero-order chi connectivity index (χ0) is 13.1. The van der Waals surface area contributed by atoms with Crippen LogP contribution in [0.2, 0.25) is 0 Å². The Morgan fingerprint density at radius 3 is 2.94 bits per heavy atom. The number of halogens is 1. The van der Waals surface area contributed by atoms with Crippen molar-refractivity contribution in [2.24, 2.45) is 5.73 Å². The third-order valence-electron chi connectivity index (χ3n) is 3.14. The molecule has 0 saturated heterocycles. The molecule has 1 heterocycles. The second-order valence-electron chi connectivity index (χ2n) is 4.41. The summed E-state index contributed by atoms with van der Waals surface area (Å²) >= 11 is 3.54. The topological polar surface area (TPSA) is 43.8 Å². The second kappa shape index (κ2) is 5.67. The van der Waals surface area contributed by atoms with Crippen LogP contribution in [-0.2, 0) is 6.54 Å². The molecule has 0 fully saturated rings. The normalized spacial score (nSPS) is 12.7. The zero-order valence-electron chi connectivity index (χ0n) is 10.7. The van der Waals surface area contributed by atoms with Crippen LogP contribution in [0.3, 0.4) is 0 Å². The maximum atomic E-state index is 6.36. The van der Waals surface area contributed by atoms with E-state index >= 15 is 0 Å². The molecule has 0 aliphatic carbocycles. The largest absolute Gasteiger partial charge is 0.333 e. The monoisotopic (exact) mass is 307 g/mol. The second-order valence-corrected chi connectivity index (χ2v) is 5.26. The standard InChI is InChI=1S/C14H18BrN3/c1-3-8-18-9-7-17-14(18)13(16)11-5-4-6-12(15)10(11)2/h4-7,9,13H,3,8,16H2,1-2H3. The average molecular weight is 308 g/mol. The Bertz CT molecular complexity index is 534. The summed E-state index contributed by atoms with van der Waals surface area (Å²) in [6, 6.07) is 5.93. The molecule has 0 saturated carbocycles. The Morgan fingerprint density at radius 2 is 2.22 bits per heavy atom. The van der Waals surface area contributed by atoms with Crippen molar-refractivity contribution in [2.75, 3.05) is 0 Å². The van der Waals surface area contributed by atoms with Gasteiger partial charge in [-0.15, -0.1) is 0 Å². The lowest BCUT2D eigenvalue weighted by atomic mass is 10.0. The van der Waals surface area contributed by atoms with Crippen LogP contribution in [0.15, 0.2) is 35.1 Å². The summed E-state index contributed by atoms with van der Waals surface area (Å²) in [5.74, 6) is 0.929. The molecule has 4 heteroatoms. The minimum atomic E-state index is -0.177. The molecular formula is C14H18BrN3. The highest BCUT2D eigenvalue weighted by atomic mass is 79.9. The molecule has 18 heavy (non-hydrogen) atoms. The Kier molecular flexibility index (Phi) is 4.19. The number of hydrogen-bond acceptors (Lipinski definition) is 2. The van der Waals surface area contributed by atoms with Gasteiger partial charge in [0.05, 0.1) is 6.04 Å². The van der Waals surface area contributed by atoms with Crippen molar-refractivity contribution in [2.45, 2.75) is 32.9 Å². The van der Waals surface area contributed by atoms with E-state index in [1.165, 1.54) is 5.56 Å². The molecule has 0 aliphatic heterocycles. The molecule has 3 nitrogen and oxygen atoms in total. The van der Waals surface area contributed by atoms with E-state index in [2.05, 4.69) is 45.4 Å². The van der Waals surface area contributed by atoms with Gasteiger partial charge in [0.15, 0.2) is 0 Å². The molecular weight excluding hydrogens is 290 g/mol. The quantitative estimate of drug-likeness (QED) is 0.940. The fourth-order valence-corrected chi connectivity index (χ4v) is 2.51. The van der Waals surface area contributed by atoms with E-state index in [1.54, 1.807) is 0 Å². The van der Waals surface area contributed by atoms with Crippen LogP contribution in [0.5, 0.6) is 0 Å². The molecule has 1 atom stereocenters. The molecule has 0 aliphatic rings. The number of aromatic nitrogens is 2. The van der Waals surface area contributed by atoms with E-state index in [4.69, 9.17) is 5.73 Å². The molecule has 1 aromatic heterocycles. The average Bonchev–Trinajstić information content (AvgIpc) is 2.80. The van der Waals surface area contributed by atoms with E-state index in [-0.39, 0.29) is 6.04 Å². The molecule has 96 valence electrons. The first-order valence-corrected chi connectivity index (χ1v) is 6.96. The minimum absolute atomic E-state index is 0.177. The maximum absolute atomic E-state index is 6.36. The summed E-state index contributed by atoms with van der Waals surface area (Å²) in [5.41, 5.74) is 8.65. The van der Waals surface area contributed by atoms with Crippen molar-refractivity contribution in [3.8, 4) is 0 Å². The first-order valence-electron chi connectivity index (χ1n) is 6.16. The lowest BCUT2D eigenvalue weighted by molar-refractivity contribution is 0.612. The molecule has 0 bridgehead atoms. The van der Waals surface area contributed by atoms with Gasteiger partial charge in [0.2, 0.25) is 0 Å². The third kappa shape index (κ3) is 2.49. The summed E-state index contributed by atoms with van der Waals surface area (Å²) in [7, 11) is 0. The van der Waals surface area contributed by atoms with Crippen LogP contribution in [0.4, 0.5) is 0 Å². The van der Waals surface area contributed by atoms with Gasteiger partial charge in [-0.05, 0) is 30.5 Å². The highest BCUT2D eigenvalue weighted by Gasteiger charge is 2.17. The predicted molar refractivity (Wildman–Crippen MR) is 77.4 cm³/mol. The van der Waals surface area contributed by atoms with E-state index in [1.807, 2.05) is 24.5 Å². The third-order valence-corrected chi connectivity index (χ3v) is 3.99. The summed E-state index contributed by atoms with van der Waals surface area (Å²) in [6.07, 6.45) is 4.89. The predicted octanol–water partition coefficient (Wildman–Crippen LogP) is 3.41. The molecule has 0 radical (unpaired) electrons. The van der Waals surface area contributed by atoms with Crippen molar-refractivity contribution in [3.05, 3.63) is 52.0 Å². The summed E-state index contributed by atoms with van der Waals surface area (Å²) < 4.78 is 3.22. The summed E-state index contributed by atoms with van der Waals surface area (Å²) in [4.78, 5) is 4.40. The zero-order valence-corrected chi connectivity index (χ0v) is 12.3. The lowest BCUT2D eigenvalue weighted by Crippen LogP contribution is -2.19. The fraction of sp³-hybridized carbons (Fsp3) is 0.357. The summed E-state index contributed by atoms with van der Waals surface area (Å²) in [6.45, 7) is 5.18. The van der Waals surface area contributed by atoms with Crippen LogP contribution >= 0.6 is 15.9 Å². The van der Waals surface area contributed by atoms with Crippen LogP contribution in [0.25, 0.3) is 0 Å². The van der Waals surface area contributed by atoms with Crippen LogP contribution in [0.1, 0.15) is 36.3 Å². The van der Waals surface area contributed by atoms with Crippen LogP contribution in [0, 0.1) is 6.92 Å². The fourth-order valence-electron chi connectivity index (χ4n) is 2.13. The van der Waals surface area contributed by atoms with Gasteiger partial charge >= 0.3 is 0 Å². The Morgan fingerprint density at radius 1 is 1.44 bits per heavy atom. The first-order chi connectivity index (χ1) is 8.65. The SMILES string of the molecule is CCCn1ccnc1C(N)c1cccc(Br)c1C. The van der Waals surface area contributed by atoms with Gasteiger partial charge < -0.3 is 10.3 Å². The molecule has 1 unspecified atom stereocenters. The van der Waals surface area contributed by atoms with Gasteiger partial charge in [-0.2, -0.15) is 0 Å². The Balaban J connectivity index is 2.38. The number of nitrogens with zero attached hydrogens (tertiary/aromatic N) is 2. The molecule has 2 rings (SSSR count). The van der Waals surface area contributed by atoms with Gasteiger partial charge in [0.1, 0.15) is 5.82 Å². The van der Waals surface area contributed by atoms with Gasteiger partial charge in [-0.3, -0.25) is 0 Å². The van der Waals surface area contributed by atoms with Gasteiger partial charge in [-0.25, -0.2) is 4.98 Å². The number of hydrogen-bond donors (Lipinski definition) is 1.